The fraction of sp³-hybridized carbons (Fsp3) is 0.909. The van der Waals surface area contributed by atoms with Gasteiger partial charge in [0.2, 0.25) is 0 Å². The highest BCUT2D eigenvalue weighted by molar-refractivity contribution is 7.80. The molecule has 0 aromatic heterocycles. The highest BCUT2D eigenvalue weighted by Crippen LogP contribution is 2.29. The van der Waals surface area contributed by atoms with Gasteiger partial charge >= 0.3 is 0 Å². The average Bonchev–Trinajstić information content (AvgIpc) is 2.42. The van der Waals surface area contributed by atoms with Crippen molar-refractivity contribution in [3.05, 3.63) is 0 Å². The Hall–Kier alpha value is -0.190. The van der Waals surface area contributed by atoms with Crippen LogP contribution in [0.25, 0.3) is 0 Å². The molecule has 1 saturated heterocycles. The first kappa shape index (κ1) is 12.9. The minimum absolute atomic E-state index is 0.0642. The molecule has 1 heterocycles. The van der Waals surface area contributed by atoms with E-state index in [0.717, 1.165) is 32.4 Å². The van der Waals surface area contributed by atoms with Crippen molar-refractivity contribution in [1.29, 1.82) is 0 Å². The first-order valence-corrected chi connectivity index (χ1v) is 5.94. The van der Waals surface area contributed by atoms with Crippen LogP contribution >= 0.6 is 12.2 Å². The molecule has 2 N–H and O–H groups in total. The van der Waals surface area contributed by atoms with Crippen LogP contribution in [0.3, 0.4) is 0 Å². The Morgan fingerprint density at radius 2 is 2.27 bits per heavy atom. The molecule has 0 radical (unpaired) electrons. The quantitative estimate of drug-likeness (QED) is 0.727. The normalized spacial score (nSPS) is 24.7. The zero-order valence-electron chi connectivity index (χ0n) is 9.95. The molecule has 88 valence electrons. The molecule has 1 rings (SSSR count). The van der Waals surface area contributed by atoms with Crippen molar-refractivity contribution in [2.75, 3.05) is 20.1 Å². The van der Waals surface area contributed by atoms with Crippen molar-refractivity contribution >= 4 is 17.2 Å². The molecule has 1 unspecified atom stereocenters. The van der Waals surface area contributed by atoms with Crippen LogP contribution in [0.15, 0.2) is 0 Å². The summed E-state index contributed by atoms with van der Waals surface area (Å²) in [7, 11) is 2.09. The molecule has 0 aromatic rings. The number of thiocarbonyl (C=S) groups is 1. The summed E-state index contributed by atoms with van der Waals surface area (Å²) in [5.74, 6) is 0. The van der Waals surface area contributed by atoms with Crippen LogP contribution in [-0.4, -0.2) is 41.7 Å². The van der Waals surface area contributed by atoms with Crippen molar-refractivity contribution in [3.8, 4) is 0 Å². The van der Waals surface area contributed by atoms with Gasteiger partial charge in [-0.1, -0.05) is 12.2 Å². The number of hydrogen-bond donors (Lipinski definition) is 1. The summed E-state index contributed by atoms with van der Waals surface area (Å²) < 4.78 is 5.92. The molecule has 0 aliphatic carbocycles. The van der Waals surface area contributed by atoms with E-state index < -0.39 is 0 Å². The third-order valence-electron chi connectivity index (χ3n) is 2.81. The van der Waals surface area contributed by atoms with E-state index in [-0.39, 0.29) is 5.60 Å². The van der Waals surface area contributed by atoms with E-state index in [1.165, 1.54) is 0 Å². The molecule has 15 heavy (non-hydrogen) atoms. The summed E-state index contributed by atoms with van der Waals surface area (Å²) in [6.45, 7) is 6.21. The smallest absolute Gasteiger partial charge is 0.0740 e. The van der Waals surface area contributed by atoms with E-state index in [2.05, 4.69) is 25.8 Å². The molecule has 0 amide bonds. The fourth-order valence-corrected chi connectivity index (χ4v) is 2.04. The minimum Gasteiger partial charge on any atom is -0.393 e. The zero-order chi connectivity index (χ0) is 11.5. The second-order valence-corrected chi connectivity index (χ2v) is 5.54. The summed E-state index contributed by atoms with van der Waals surface area (Å²) in [4.78, 5) is 2.83. The summed E-state index contributed by atoms with van der Waals surface area (Å²) in [5.41, 5.74) is 5.53. The third kappa shape index (κ3) is 4.91. The van der Waals surface area contributed by atoms with Gasteiger partial charge in [0.05, 0.1) is 16.7 Å². The molecule has 1 fully saturated rings. The Bertz CT molecular complexity index is 231. The Morgan fingerprint density at radius 1 is 1.60 bits per heavy atom. The van der Waals surface area contributed by atoms with Crippen LogP contribution in [0.5, 0.6) is 0 Å². The lowest BCUT2D eigenvalue weighted by molar-refractivity contribution is -0.0257. The second kappa shape index (κ2) is 5.23. The maximum atomic E-state index is 5.92. The predicted molar refractivity (Wildman–Crippen MR) is 67.1 cm³/mol. The molecule has 1 aliphatic rings. The molecule has 0 bridgehead atoms. The van der Waals surface area contributed by atoms with E-state index in [9.17, 15) is 0 Å². The van der Waals surface area contributed by atoms with Crippen molar-refractivity contribution in [1.82, 2.24) is 4.90 Å². The lowest BCUT2D eigenvalue weighted by Gasteiger charge is -2.23. The van der Waals surface area contributed by atoms with Gasteiger partial charge in [-0.25, -0.2) is 0 Å². The summed E-state index contributed by atoms with van der Waals surface area (Å²) in [6, 6.07) is 0. The van der Waals surface area contributed by atoms with E-state index >= 15 is 0 Å². The summed E-state index contributed by atoms with van der Waals surface area (Å²) in [6.07, 6.45) is 3.48. The molecular weight excluding hydrogens is 208 g/mol. The van der Waals surface area contributed by atoms with E-state index in [1.807, 2.05) is 0 Å². The van der Waals surface area contributed by atoms with Gasteiger partial charge in [-0.3, -0.25) is 0 Å². The Kier molecular flexibility index (Phi) is 4.49. The largest absolute Gasteiger partial charge is 0.393 e. The van der Waals surface area contributed by atoms with Crippen LogP contribution in [0.2, 0.25) is 0 Å². The molecule has 0 aromatic carbocycles. The zero-order valence-corrected chi connectivity index (χ0v) is 10.8. The Balaban J connectivity index is 2.21. The maximum absolute atomic E-state index is 5.92. The van der Waals surface area contributed by atoms with Crippen molar-refractivity contribution in [2.24, 2.45) is 5.73 Å². The average molecular weight is 230 g/mol. The van der Waals surface area contributed by atoms with Gasteiger partial charge in [0, 0.05) is 19.5 Å². The van der Waals surface area contributed by atoms with Gasteiger partial charge in [-0.05, 0) is 33.7 Å². The maximum Gasteiger partial charge on any atom is 0.0740 e. The van der Waals surface area contributed by atoms with Gasteiger partial charge in [-0.15, -0.1) is 0 Å². The number of rotatable bonds is 5. The first-order chi connectivity index (χ1) is 6.89. The van der Waals surface area contributed by atoms with E-state index in [0.29, 0.717) is 11.1 Å². The standard InChI is InChI=1S/C11H22N2OS/c1-11(2)6-4-9(14-11)8-13(3)7-5-10(12)15/h9H,4-8H2,1-3H3,(H2,12,15). The number of nitrogens with two attached hydrogens (primary N) is 1. The van der Waals surface area contributed by atoms with Gasteiger partial charge in [0.1, 0.15) is 0 Å². The molecule has 3 nitrogen and oxygen atoms in total. The third-order valence-corrected chi connectivity index (χ3v) is 3.01. The number of likely N-dealkylation sites (N-methyl/N-ethyl adjacent to an activating group) is 1. The lowest BCUT2D eigenvalue weighted by Crippen LogP contribution is -2.33. The van der Waals surface area contributed by atoms with Crippen LogP contribution in [-0.2, 0) is 4.74 Å². The number of hydrogen-bond acceptors (Lipinski definition) is 3. The van der Waals surface area contributed by atoms with Crippen LogP contribution in [0.4, 0.5) is 0 Å². The minimum atomic E-state index is 0.0642. The van der Waals surface area contributed by atoms with Crippen LogP contribution in [0.1, 0.15) is 33.1 Å². The Labute approximate surface area is 98.0 Å². The number of ether oxygens (including phenoxy) is 1. The molecule has 1 atom stereocenters. The van der Waals surface area contributed by atoms with Crippen LogP contribution in [0, 0.1) is 0 Å². The second-order valence-electron chi connectivity index (χ2n) is 5.02. The van der Waals surface area contributed by atoms with Crippen molar-refractivity contribution < 1.29 is 4.74 Å². The molecule has 0 saturated carbocycles. The van der Waals surface area contributed by atoms with Crippen molar-refractivity contribution in [2.45, 2.75) is 44.8 Å². The fourth-order valence-electron chi connectivity index (χ4n) is 1.95. The highest BCUT2D eigenvalue weighted by Gasteiger charge is 2.31. The Morgan fingerprint density at radius 3 is 2.73 bits per heavy atom. The molecule has 1 aliphatic heterocycles. The predicted octanol–water partition coefficient (Wildman–Crippen LogP) is 1.55. The topological polar surface area (TPSA) is 38.5 Å². The van der Waals surface area contributed by atoms with E-state index in [4.69, 9.17) is 22.7 Å². The summed E-state index contributed by atoms with van der Waals surface area (Å²) in [5, 5.41) is 0. The molecule has 0 spiro atoms. The monoisotopic (exact) mass is 230 g/mol. The first-order valence-electron chi connectivity index (χ1n) is 5.54. The SMILES string of the molecule is CN(CCC(N)=S)CC1CCC(C)(C)O1. The van der Waals surface area contributed by atoms with Gasteiger partial charge in [0.15, 0.2) is 0 Å². The summed E-state index contributed by atoms with van der Waals surface area (Å²) >= 11 is 4.85. The van der Waals surface area contributed by atoms with Gasteiger partial charge in [0.25, 0.3) is 0 Å². The van der Waals surface area contributed by atoms with Crippen molar-refractivity contribution in [3.63, 3.8) is 0 Å². The highest BCUT2D eigenvalue weighted by atomic mass is 32.1. The van der Waals surface area contributed by atoms with Gasteiger partial charge in [-0.2, -0.15) is 0 Å². The van der Waals surface area contributed by atoms with Crippen LogP contribution < -0.4 is 5.73 Å². The lowest BCUT2D eigenvalue weighted by atomic mass is 10.1. The molecule has 4 heteroatoms. The molecular formula is C11H22N2OS. The van der Waals surface area contributed by atoms with Gasteiger partial charge < -0.3 is 15.4 Å². The number of nitrogens with zero attached hydrogens (tertiary/aromatic N) is 1. The van der Waals surface area contributed by atoms with E-state index in [1.54, 1.807) is 0 Å².